The third-order valence-electron chi connectivity index (χ3n) is 3.68. The molecule has 0 spiro atoms. The van der Waals surface area contributed by atoms with Crippen molar-refractivity contribution in [1.29, 1.82) is 0 Å². The third-order valence-corrected chi connectivity index (χ3v) is 4.43. The molecule has 1 unspecified atom stereocenters. The van der Waals surface area contributed by atoms with Crippen LogP contribution in [0.5, 0.6) is 0 Å². The first-order chi connectivity index (χ1) is 12.6. The van der Waals surface area contributed by atoms with Crippen LogP contribution < -0.4 is 10.6 Å². The van der Waals surface area contributed by atoms with Crippen LogP contribution in [-0.2, 0) is 9.59 Å². The summed E-state index contributed by atoms with van der Waals surface area (Å²) in [6, 6.07) is 12.8. The van der Waals surface area contributed by atoms with Crippen LogP contribution in [0.4, 0.5) is 5.13 Å². The molecule has 3 rings (SSSR count). The molecule has 7 heteroatoms. The molecule has 26 heavy (non-hydrogen) atoms. The fraction of sp³-hybridized carbons (Fsp3) is 0.158. The Labute approximate surface area is 155 Å². The molecule has 3 aromatic rings. The van der Waals surface area contributed by atoms with Crippen LogP contribution >= 0.6 is 11.3 Å². The van der Waals surface area contributed by atoms with Gasteiger partial charge < -0.3 is 10.6 Å². The zero-order valence-electron chi connectivity index (χ0n) is 14.2. The van der Waals surface area contributed by atoms with Crippen molar-refractivity contribution >= 4 is 28.3 Å². The van der Waals surface area contributed by atoms with Crippen molar-refractivity contribution in [3.63, 3.8) is 0 Å². The molecule has 0 saturated heterocycles. The van der Waals surface area contributed by atoms with Crippen molar-refractivity contribution in [3.8, 4) is 11.3 Å². The lowest BCUT2D eigenvalue weighted by molar-refractivity contribution is -0.120. The predicted molar refractivity (Wildman–Crippen MR) is 102 cm³/mol. The number of anilines is 1. The number of rotatable bonds is 6. The van der Waals surface area contributed by atoms with Gasteiger partial charge in [-0.25, -0.2) is 4.98 Å². The standard InChI is InChI=1S/C19H18N4O2S/c1-13(24)21-16(14-6-3-2-4-7-14)10-18(25)23-19-22-17(12-26-19)15-8-5-9-20-11-15/h2-9,11-12,16H,10H2,1H3,(H,21,24)(H,22,23,25). The average molecular weight is 366 g/mol. The number of pyridine rings is 1. The first kappa shape index (κ1) is 17.8. The Kier molecular flexibility index (Phi) is 5.70. The van der Waals surface area contributed by atoms with Crippen molar-refractivity contribution in [2.24, 2.45) is 0 Å². The highest BCUT2D eigenvalue weighted by atomic mass is 32.1. The summed E-state index contributed by atoms with van der Waals surface area (Å²) in [5.74, 6) is -0.389. The van der Waals surface area contributed by atoms with Crippen molar-refractivity contribution in [2.75, 3.05) is 5.32 Å². The van der Waals surface area contributed by atoms with Crippen LogP contribution in [-0.4, -0.2) is 21.8 Å². The molecule has 2 amide bonds. The first-order valence-corrected chi connectivity index (χ1v) is 8.97. The minimum Gasteiger partial charge on any atom is -0.349 e. The van der Waals surface area contributed by atoms with E-state index >= 15 is 0 Å². The number of hydrogen-bond donors (Lipinski definition) is 2. The lowest BCUT2D eigenvalue weighted by Crippen LogP contribution is -2.29. The van der Waals surface area contributed by atoms with Gasteiger partial charge in [0.2, 0.25) is 11.8 Å². The highest BCUT2D eigenvalue weighted by molar-refractivity contribution is 7.14. The number of carbonyl (C=O) groups is 2. The second kappa shape index (κ2) is 8.35. The molecule has 0 saturated carbocycles. The van der Waals surface area contributed by atoms with Gasteiger partial charge in [0.15, 0.2) is 5.13 Å². The molecule has 0 aliphatic heterocycles. The SMILES string of the molecule is CC(=O)NC(CC(=O)Nc1nc(-c2cccnc2)cs1)c1ccccc1. The molecule has 0 aliphatic rings. The number of amides is 2. The van der Waals surface area contributed by atoms with E-state index in [9.17, 15) is 9.59 Å². The highest BCUT2D eigenvalue weighted by Crippen LogP contribution is 2.25. The summed E-state index contributed by atoms with van der Waals surface area (Å²) in [6.07, 6.45) is 3.55. The van der Waals surface area contributed by atoms with Gasteiger partial charge in [0.1, 0.15) is 0 Å². The lowest BCUT2D eigenvalue weighted by Gasteiger charge is -2.17. The van der Waals surface area contributed by atoms with E-state index in [2.05, 4.69) is 20.6 Å². The van der Waals surface area contributed by atoms with Gasteiger partial charge >= 0.3 is 0 Å². The molecule has 0 bridgehead atoms. The number of benzene rings is 1. The van der Waals surface area contributed by atoms with Crippen LogP contribution in [0, 0.1) is 0 Å². The average Bonchev–Trinajstić information content (AvgIpc) is 3.10. The Morgan fingerprint density at radius 2 is 1.96 bits per heavy atom. The maximum absolute atomic E-state index is 12.4. The molecule has 132 valence electrons. The smallest absolute Gasteiger partial charge is 0.228 e. The summed E-state index contributed by atoms with van der Waals surface area (Å²) >= 11 is 1.35. The van der Waals surface area contributed by atoms with Crippen molar-refractivity contribution in [3.05, 3.63) is 65.8 Å². The molecule has 6 nitrogen and oxygen atoms in total. The van der Waals surface area contributed by atoms with Crippen LogP contribution in [0.15, 0.2) is 60.2 Å². The maximum Gasteiger partial charge on any atom is 0.228 e. The largest absolute Gasteiger partial charge is 0.349 e. The summed E-state index contributed by atoms with van der Waals surface area (Å²) in [6.45, 7) is 1.44. The number of nitrogens with zero attached hydrogens (tertiary/aromatic N) is 2. The van der Waals surface area contributed by atoms with Gasteiger partial charge in [-0.2, -0.15) is 0 Å². The Morgan fingerprint density at radius 3 is 2.65 bits per heavy atom. The second-order valence-electron chi connectivity index (χ2n) is 5.70. The number of nitrogens with one attached hydrogen (secondary N) is 2. The van der Waals surface area contributed by atoms with E-state index in [-0.39, 0.29) is 24.3 Å². The molecular weight excluding hydrogens is 348 g/mol. The van der Waals surface area contributed by atoms with E-state index in [4.69, 9.17) is 0 Å². The maximum atomic E-state index is 12.4. The zero-order chi connectivity index (χ0) is 18.4. The molecule has 0 radical (unpaired) electrons. The molecule has 0 fully saturated rings. The summed E-state index contributed by atoms with van der Waals surface area (Å²) in [5, 5.41) is 8.01. The van der Waals surface area contributed by atoms with Gasteiger partial charge in [0.25, 0.3) is 0 Å². The third kappa shape index (κ3) is 4.73. The quantitative estimate of drug-likeness (QED) is 0.700. The van der Waals surface area contributed by atoms with E-state index in [0.29, 0.717) is 5.13 Å². The van der Waals surface area contributed by atoms with Gasteiger partial charge in [0.05, 0.1) is 18.2 Å². The van der Waals surface area contributed by atoms with Crippen LogP contribution in [0.1, 0.15) is 24.9 Å². The summed E-state index contributed by atoms with van der Waals surface area (Å²) in [5.41, 5.74) is 2.54. The molecule has 2 N–H and O–H groups in total. The topological polar surface area (TPSA) is 84.0 Å². The van der Waals surface area contributed by atoms with Crippen LogP contribution in [0.3, 0.4) is 0 Å². The first-order valence-electron chi connectivity index (χ1n) is 8.09. The number of hydrogen-bond acceptors (Lipinski definition) is 5. The van der Waals surface area contributed by atoms with Crippen molar-refractivity contribution < 1.29 is 9.59 Å². The molecule has 1 atom stereocenters. The molecular formula is C19H18N4O2S. The summed E-state index contributed by atoms with van der Waals surface area (Å²) in [4.78, 5) is 32.4. The van der Waals surface area contributed by atoms with Crippen molar-refractivity contribution in [2.45, 2.75) is 19.4 Å². The molecule has 2 heterocycles. The van der Waals surface area contributed by atoms with E-state index in [1.165, 1.54) is 18.3 Å². The summed E-state index contributed by atoms with van der Waals surface area (Å²) in [7, 11) is 0. The summed E-state index contributed by atoms with van der Waals surface area (Å²) < 4.78 is 0. The monoisotopic (exact) mass is 366 g/mol. The predicted octanol–water partition coefficient (Wildman–Crippen LogP) is 3.41. The fourth-order valence-corrected chi connectivity index (χ4v) is 3.25. The van der Waals surface area contributed by atoms with E-state index < -0.39 is 0 Å². The minimum atomic E-state index is -0.383. The second-order valence-corrected chi connectivity index (χ2v) is 6.55. The number of aromatic nitrogens is 2. The Bertz CT molecular complexity index is 881. The molecule has 0 aliphatic carbocycles. The Balaban J connectivity index is 1.67. The van der Waals surface area contributed by atoms with Crippen LogP contribution in [0.2, 0.25) is 0 Å². The Morgan fingerprint density at radius 1 is 1.15 bits per heavy atom. The zero-order valence-corrected chi connectivity index (χ0v) is 15.0. The highest BCUT2D eigenvalue weighted by Gasteiger charge is 2.18. The Hall–Kier alpha value is -3.06. The van der Waals surface area contributed by atoms with Crippen LogP contribution in [0.25, 0.3) is 11.3 Å². The van der Waals surface area contributed by atoms with Gasteiger partial charge in [-0.05, 0) is 17.7 Å². The van der Waals surface area contributed by atoms with Crippen molar-refractivity contribution in [1.82, 2.24) is 15.3 Å². The molecule has 2 aromatic heterocycles. The fourth-order valence-electron chi connectivity index (χ4n) is 2.52. The van der Waals surface area contributed by atoms with Gasteiger partial charge in [-0.1, -0.05) is 30.3 Å². The van der Waals surface area contributed by atoms with Gasteiger partial charge in [-0.15, -0.1) is 11.3 Å². The minimum absolute atomic E-state index is 0.130. The lowest BCUT2D eigenvalue weighted by atomic mass is 10.0. The van der Waals surface area contributed by atoms with E-state index in [1.807, 2.05) is 47.8 Å². The van der Waals surface area contributed by atoms with Gasteiger partial charge in [0, 0.05) is 30.3 Å². The normalized spacial score (nSPS) is 11.6. The number of carbonyl (C=O) groups excluding carboxylic acids is 2. The van der Waals surface area contributed by atoms with Gasteiger partial charge in [-0.3, -0.25) is 14.6 Å². The molecule has 1 aromatic carbocycles. The number of thiazole rings is 1. The van der Waals surface area contributed by atoms with E-state index in [0.717, 1.165) is 16.8 Å². The van der Waals surface area contributed by atoms with E-state index in [1.54, 1.807) is 12.4 Å².